The molecule has 1 N–H and O–H groups in total. The first kappa shape index (κ1) is 14.3. The maximum atomic E-state index is 12.0. The molecule has 0 fully saturated rings. The molecule has 0 aliphatic carbocycles. The van der Waals surface area contributed by atoms with Crippen LogP contribution in [0.5, 0.6) is 0 Å². The van der Waals surface area contributed by atoms with Gasteiger partial charge in [0.05, 0.1) is 12.8 Å². The third kappa shape index (κ3) is 3.49. The number of anilines is 1. The number of carbonyl (C=O) groups excluding carboxylic acids is 1. The SMILES string of the molecule is O=C(CN1CCCc2ccccc21)N/N=C/c1ccncc1. The van der Waals surface area contributed by atoms with E-state index in [1.807, 2.05) is 24.3 Å². The van der Waals surface area contributed by atoms with Crippen molar-refractivity contribution in [1.82, 2.24) is 10.4 Å². The second kappa shape index (κ2) is 6.85. The predicted molar refractivity (Wildman–Crippen MR) is 86.9 cm³/mol. The van der Waals surface area contributed by atoms with Crippen molar-refractivity contribution in [2.24, 2.45) is 5.10 Å². The molecule has 0 unspecified atom stereocenters. The van der Waals surface area contributed by atoms with E-state index in [0.717, 1.165) is 30.6 Å². The number of nitrogens with one attached hydrogen (secondary N) is 1. The average Bonchev–Trinajstić information content (AvgIpc) is 2.56. The van der Waals surface area contributed by atoms with Crippen molar-refractivity contribution in [3.63, 3.8) is 0 Å². The Labute approximate surface area is 129 Å². The molecule has 112 valence electrons. The smallest absolute Gasteiger partial charge is 0.259 e. The number of hydrogen-bond acceptors (Lipinski definition) is 4. The predicted octanol–water partition coefficient (Wildman–Crippen LogP) is 1.98. The minimum atomic E-state index is -0.109. The van der Waals surface area contributed by atoms with E-state index < -0.39 is 0 Å². The van der Waals surface area contributed by atoms with E-state index in [2.05, 4.69) is 32.5 Å². The summed E-state index contributed by atoms with van der Waals surface area (Å²) in [5.74, 6) is -0.109. The number of para-hydroxylation sites is 1. The molecule has 0 spiro atoms. The third-order valence-corrected chi connectivity index (χ3v) is 3.65. The number of hydrogen-bond donors (Lipinski definition) is 1. The molecule has 22 heavy (non-hydrogen) atoms. The highest BCUT2D eigenvalue weighted by Crippen LogP contribution is 2.26. The molecule has 3 rings (SSSR count). The molecule has 5 heteroatoms. The van der Waals surface area contributed by atoms with Crippen LogP contribution in [-0.4, -0.2) is 30.2 Å². The summed E-state index contributed by atoms with van der Waals surface area (Å²) >= 11 is 0. The molecule has 1 aromatic carbocycles. The molecule has 5 nitrogen and oxygen atoms in total. The van der Waals surface area contributed by atoms with Crippen molar-refractivity contribution < 1.29 is 4.79 Å². The Hall–Kier alpha value is -2.69. The molecule has 1 aliphatic heterocycles. The van der Waals surface area contributed by atoms with E-state index in [4.69, 9.17) is 0 Å². The monoisotopic (exact) mass is 294 g/mol. The summed E-state index contributed by atoms with van der Waals surface area (Å²) in [5.41, 5.74) is 5.94. The van der Waals surface area contributed by atoms with Crippen LogP contribution in [0.15, 0.2) is 53.9 Å². The van der Waals surface area contributed by atoms with Gasteiger partial charge in [0.25, 0.3) is 5.91 Å². The molecule has 1 amide bonds. The number of hydrazone groups is 1. The Kier molecular flexibility index (Phi) is 4.44. The molecule has 0 atom stereocenters. The van der Waals surface area contributed by atoms with E-state index in [1.165, 1.54) is 5.56 Å². The Balaban J connectivity index is 1.58. The van der Waals surface area contributed by atoms with E-state index in [1.54, 1.807) is 18.6 Å². The van der Waals surface area contributed by atoms with Gasteiger partial charge in [-0.15, -0.1) is 0 Å². The molecule has 2 heterocycles. The normalized spacial score (nSPS) is 13.9. The van der Waals surface area contributed by atoms with Crippen LogP contribution >= 0.6 is 0 Å². The fourth-order valence-electron chi connectivity index (χ4n) is 2.61. The maximum absolute atomic E-state index is 12.0. The van der Waals surface area contributed by atoms with Crippen molar-refractivity contribution in [2.45, 2.75) is 12.8 Å². The van der Waals surface area contributed by atoms with Gasteiger partial charge in [0.15, 0.2) is 0 Å². The lowest BCUT2D eigenvalue weighted by molar-refractivity contribution is -0.119. The standard InChI is InChI=1S/C17H18N4O/c22-17(20-19-12-14-7-9-18-10-8-14)13-21-11-3-5-15-4-1-2-6-16(15)21/h1-2,4,6-10,12H,3,5,11,13H2,(H,20,22)/b19-12+. The van der Waals surface area contributed by atoms with Crippen molar-refractivity contribution in [1.29, 1.82) is 0 Å². The highest BCUT2D eigenvalue weighted by Gasteiger charge is 2.18. The number of carbonyl (C=O) groups is 1. The van der Waals surface area contributed by atoms with Gasteiger partial charge in [-0.3, -0.25) is 9.78 Å². The van der Waals surface area contributed by atoms with E-state index in [0.29, 0.717) is 6.54 Å². The van der Waals surface area contributed by atoms with Crippen LogP contribution in [0.1, 0.15) is 17.5 Å². The van der Waals surface area contributed by atoms with Gasteiger partial charge in [-0.25, -0.2) is 5.43 Å². The van der Waals surface area contributed by atoms with E-state index in [9.17, 15) is 4.79 Å². The average molecular weight is 294 g/mol. The number of aryl methyl sites for hydroxylation is 1. The van der Waals surface area contributed by atoms with Crippen LogP contribution in [0.25, 0.3) is 0 Å². The van der Waals surface area contributed by atoms with Gasteiger partial charge in [-0.1, -0.05) is 18.2 Å². The number of nitrogens with zero attached hydrogens (tertiary/aromatic N) is 3. The number of amides is 1. The molecule has 0 bridgehead atoms. The maximum Gasteiger partial charge on any atom is 0.259 e. The number of rotatable bonds is 4. The molecule has 2 aromatic rings. The lowest BCUT2D eigenvalue weighted by Gasteiger charge is -2.30. The zero-order valence-electron chi connectivity index (χ0n) is 12.3. The minimum absolute atomic E-state index is 0.109. The van der Waals surface area contributed by atoms with Gasteiger partial charge in [0.2, 0.25) is 0 Å². The van der Waals surface area contributed by atoms with E-state index in [-0.39, 0.29) is 5.91 Å². The minimum Gasteiger partial charge on any atom is -0.362 e. The second-order valence-corrected chi connectivity index (χ2v) is 5.23. The van der Waals surface area contributed by atoms with Crippen LogP contribution in [0.2, 0.25) is 0 Å². The molecular formula is C17H18N4O. The third-order valence-electron chi connectivity index (χ3n) is 3.65. The molecule has 0 radical (unpaired) electrons. The van der Waals surface area contributed by atoms with Crippen LogP contribution in [0.3, 0.4) is 0 Å². The Morgan fingerprint density at radius 2 is 2.09 bits per heavy atom. The molecule has 1 aliphatic rings. The number of aromatic nitrogens is 1. The Morgan fingerprint density at radius 3 is 2.95 bits per heavy atom. The molecule has 1 aromatic heterocycles. The summed E-state index contributed by atoms with van der Waals surface area (Å²) in [5, 5.41) is 3.98. The fourth-order valence-corrected chi connectivity index (χ4v) is 2.61. The summed E-state index contributed by atoms with van der Waals surface area (Å²) in [6.07, 6.45) is 7.14. The van der Waals surface area contributed by atoms with Crippen LogP contribution in [0, 0.1) is 0 Å². The van der Waals surface area contributed by atoms with Crippen molar-refractivity contribution >= 4 is 17.8 Å². The quantitative estimate of drug-likeness (QED) is 0.693. The van der Waals surface area contributed by atoms with Gasteiger partial charge < -0.3 is 4.90 Å². The van der Waals surface area contributed by atoms with Gasteiger partial charge in [0, 0.05) is 24.6 Å². The van der Waals surface area contributed by atoms with Gasteiger partial charge in [0.1, 0.15) is 0 Å². The fraction of sp³-hybridized carbons (Fsp3) is 0.235. The zero-order chi connectivity index (χ0) is 15.2. The van der Waals surface area contributed by atoms with Crippen molar-refractivity contribution in [2.75, 3.05) is 18.0 Å². The number of fused-ring (bicyclic) bond motifs is 1. The van der Waals surface area contributed by atoms with Crippen LogP contribution in [0.4, 0.5) is 5.69 Å². The van der Waals surface area contributed by atoms with Gasteiger partial charge in [-0.2, -0.15) is 5.10 Å². The highest BCUT2D eigenvalue weighted by atomic mass is 16.2. The Bertz CT molecular complexity index is 669. The summed E-state index contributed by atoms with van der Waals surface area (Å²) in [6, 6.07) is 11.9. The largest absolute Gasteiger partial charge is 0.362 e. The number of pyridine rings is 1. The molecule has 0 saturated heterocycles. The summed E-state index contributed by atoms with van der Waals surface area (Å²) in [7, 11) is 0. The molecular weight excluding hydrogens is 276 g/mol. The van der Waals surface area contributed by atoms with Crippen molar-refractivity contribution in [3.8, 4) is 0 Å². The number of benzene rings is 1. The first-order valence-electron chi connectivity index (χ1n) is 7.38. The Morgan fingerprint density at radius 1 is 1.27 bits per heavy atom. The van der Waals surface area contributed by atoms with Crippen LogP contribution < -0.4 is 10.3 Å². The lowest BCUT2D eigenvalue weighted by Crippen LogP contribution is -2.38. The highest BCUT2D eigenvalue weighted by molar-refractivity contribution is 5.84. The second-order valence-electron chi connectivity index (χ2n) is 5.23. The van der Waals surface area contributed by atoms with Crippen molar-refractivity contribution in [3.05, 3.63) is 59.9 Å². The summed E-state index contributed by atoms with van der Waals surface area (Å²) in [4.78, 5) is 18.1. The van der Waals surface area contributed by atoms with Crippen LogP contribution in [-0.2, 0) is 11.2 Å². The van der Waals surface area contributed by atoms with Gasteiger partial charge in [-0.05, 0) is 42.2 Å². The molecule has 0 saturated carbocycles. The topological polar surface area (TPSA) is 57.6 Å². The first-order valence-corrected chi connectivity index (χ1v) is 7.38. The first-order chi connectivity index (χ1) is 10.8. The van der Waals surface area contributed by atoms with Gasteiger partial charge >= 0.3 is 0 Å². The lowest BCUT2D eigenvalue weighted by atomic mass is 10.0. The summed E-state index contributed by atoms with van der Waals surface area (Å²) in [6.45, 7) is 1.23. The summed E-state index contributed by atoms with van der Waals surface area (Å²) < 4.78 is 0. The van der Waals surface area contributed by atoms with E-state index >= 15 is 0 Å². The zero-order valence-corrected chi connectivity index (χ0v) is 12.3.